The average Bonchev–Trinajstić information content (AvgIpc) is 1.97. The minimum absolute atomic E-state index is 0.319. The molecule has 0 aromatic rings. The van der Waals surface area contributed by atoms with Gasteiger partial charge in [0.1, 0.15) is 0 Å². The van der Waals surface area contributed by atoms with Gasteiger partial charge in [0.2, 0.25) is 0 Å². The third kappa shape index (κ3) is 2.26. The highest BCUT2D eigenvalue weighted by molar-refractivity contribution is 7.67. The van der Waals surface area contributed by atoms with E-state index in [1.807, 2.05) is 0 Å². The van der Waals surface area contributed by atoms with Gasteiger partial charge in [0.05, 0.1) is 7.11 Å². The van der Waals surface area contributed by atoms with E-state index in [2.05, 4.69) is 60.1 Å². The van der Waals surface area contributed by atoms with Crippen LogP contribution >= 0.6 is 0 Å². The highest BCUT2D eigenvalue weighted by Crippen LogP contribution is 2.43. The fourth-order valence-electron chi connectivity index (χ4n) is 2.56. The van der Waals surface area contributed by atoms with Crippen LogP contribution in [0.4, 0.5) is 0 Å². The Balaban J connectivity index is 3.09. The van der Waals surface area contributed by atoms with Gasteiger partial charge >= 0.3 is 0 Å². The molecular weight excluding hydrogens is 244 g/mol. The van der Waals surface area contributed by atoms with Crippen molar-refractivity contribution in [2.45, 2.75) is 72.2 Å². The first-order valence-electron chi connectivity index (χ1n) is 6.49. The molecule has 1 aliphatic heterocycles. The molecule has 1 heterocycles. The van der Waals surface area contributed by atoms with Crippen LogP contribution in [0.5, 0.6) is 0 Å². The van der Waals surface area contributed by atoms with Gasteiger partial charge in [-0.15, -0.1) is 0 Å². The van der Waals surface area contributed by atoms with E-state index in [1.54, 1.807) is 0 Å². The lowest BCUT2D eigenvalue weighted by Crippen LogP contribution is -2.76. The Morgan fingerprint density at radius 3 is 1.69 bits per heavy atom. The smallest absolute Gasteiger partial charge is 0.171 e. The van der Waals surface area contributed by atoms with Gasteiger partial charge in [-0.1, -0.05) is 47.0 Å². The quantitative estimate of drug-likeness (QED) is 0.601. The summed E-state index contributed by atoms with van der Waals surface area (Å²) in [5, 5.41) is 0. The van der Waals surface area contributed by atoms with Gasteiger partial charge in [0, 0.05) is 13.7 Å². The molecule has 0 N–H and O–H groups in total. The summed E-state index contributed by atoms with van der Waals surface area (Å²) in [6.45, 7) is 22.4. The summed E-state index contributed by atoms with van der Waals surface area (Å²) in [6, 6.07) is 1.38. The first-order chi connectivity index (χ1) is 6.81. The molecule has 0 bridgehead atoms. The van der Waals surface area contributed by atoms with E-state index in [0.29, 0.717) is 11.5 Å². The standard InChI is InChI=1S/C12H30OSi3/c1-12(2,3)11-10-14(4,5)16(8,9)15(6,7)13-11/h11H,10H2,1-9H3. The Kier molecular flexibility index (Phi) is 3.48. The molecule has 1 atom stereocenters. The second-order valence-electron chi connectivity index (χ2n) is 8.20. The van der Waals surface area contributed by atoms with Gasteiger partial charge in [-0.25, -0.2) is 0 Å². The third-order valence-electron chi connectivity index (χ3n) is 5.30. The zero-order valence-electron chi connectivity index (χ0n) is 12.7. The van der Waals surface area contributed by atoms with Crippen molar-refractivity contribution in [2.75, 3.05) is 0 Å². The van der Waals surface area contributed by atoms with Crippen LogP contribution in [-0.2, 0) is 4.43 Å². The van der Waals surface area contributed by atoms with E-state index in [-0.39, 0.29) is 0 Å². The van der Waals surface area contributed by atoms with E-state index < -0.39 is 22.5 Å². The Morgan fingerprint density at radius 2 is 1.38 bits per heavy atom. The molecule has 96 valence electrons. The number of hydrogen-bond donors (Lipinski definition) is 0. The van der Waals surface area contributed by atoms with Gasteiger partial charge < -0.3 is 4.43 Å². The normalized spacial score (nSPS) is 32.4. The second-order valence-corrected chi connectivity index (χ2v) is 35.6. The maximum atomic E-state index is 6.62. The fourth-order valence-corrected chi connectivity index (χ4v) is 32.3. The van der Waals surface area contributed by atoms with Crippen LogP contribution in [0.3, 0.4) is 0 Å². The molecule has 1 nitrogen and oxygen atoms in total. The topological polar surface area (TPSA) is 9.23 Å². The summed E-state index contributed by atoms with van der Waals surface area (Å²) in [4.78, 5) is 0. The first-order valence-corrected chi connectivity index (χ1v) is 17.6. The maximum Gasteiger partial charge on any atom is 0.171 e. The monoisotopic (exact) mass is 274 g/mol. The predicted octanol–water partition coefficient (Wildman–Crippen LogP) is 4.21. The molecule has 0 aliphatic carbocycles. The van der Waals surface area contributed by atoms with E-state index >= 15 is 0 Å². The van der Waals surface area contributed by atoms with Crippen molar-refractivity contribution in [3.8, 4) is 0 Å². The molecule has 1 saturated heterocycles. The van der Waals surface area contributed by atoms with Crippen LogP contribution in [0.1, 0.15) is 20.8 Å². The Morgan fingerprint density at radius 1 is 0.938 bits per heavy atom. The predicted molar refractivity (Wildman–Crippen MR) is 81.6 cm³/mol. The van der Waals surface area contributed by atoms with Gasteiger partial charge in [-0.2, -0.15) is 0 Å². The second kappa shape index (κ2) is 3.80. The lowest BCUT2D eigenvalue weighted by atomic mass is 9.90. The SMILES string of the molecule is CC(C)(C)C1C[Si](C)(C)[Si](C)(C)[Si](C)(C)O1. The fraction of sp³-hybridized carbons (Fsp3) is 1.00. The highest BCUT2D eigenvalue weighted by atomic mass is 29.6. The molecule has 0 aromatic heterocycles. The van der Waals surface area contributed by atoms with Crippen molar-refractivity contribution in [3.05, 3.63) is 0 Å². The van der Waals surface area contributed by atoms with Crippen LogP contribution in [0.25, 0.3) is 0 Å². The summed E-state index contributed by atoms with van der Waals surface area (Å²) >= 11 is 0. The third-order valence-corrected chi connectivity index (χ3v) is 45.6. The molecular formula is C12H30OSi3. The zero-order valence-corrected chi connectivity index (χ0v) is 15.7. The summed E-state index contributed by atoms with van der Waals surface area (Å²) in [5.74, 6) is 0. The van der Waals surface area contributed by atoms with Gasteiger partial charge in [-0.05, 0) is 24.6 Å². The van der Waals surface area contributed by atoms with Crippen molar-refractivity contribution in [1.82, 2.24) is 0 Å². The lowest BCUT2D eigenvalue weighted by molar-refractivity contribution is 0.0966. The number of rotatable bonds is 0. The molecule has 0 spiro atoms. The Hall–Kier alpha value is 0.611. The molecule has 1 unspecified atom stereocenters. The Labute approximate surface area is 105 Å². The van der Waals surface area contributed by atoms with Gasteiger partial charge in [0.15, 0.2) is 7.83 Å². The molecule has 0 saturated carbocycles. The van der Waals surface area contributed by atoms with Crippen LogP contribution < -0.4 is 0 Å². The van der Waals surface area contributed by atoms with Crippen LogP contribution in [0.2, 0.25) is 45.3 Å². The van der Waals surface area contributed by atoms with Crippen LogP contribution in [0.15, 0.2) is 0 Å². The summed E-state index contributed by atoms with van der Waals surface area (Å²) < 4.78 is 6.62. The van der Waals surface area contributed by atoms with Gasteiger partial charge in [-0.3, -0.25) is 0 Å². The molecule has 0 aromatic carbocycles. The van der Waals surface area contributed by atoms with Crippen molar-refractivity contribution < 1.29 is 4.43 Å². The van der Waals surface area contributed by atoms with Crippen LogP contribution in [0, 0.1) is 5.41 Å². The van der Waals surface area contributed by atoms with E-state index in [1.165, 1.54) is 6.04 Å². The van der Waals surface area contributed by atoms with Gasteiger partial charge in [0.25, 0.3) is 0 Å². The molecule has 0 radical (unpaired) electrons. The highest BCUT2D eigenvalue weighted by Gasteiger charge is 2.59. The first kappa shape index (κ1) is 14.7. The minimum Gasteiger partial charge on any atom is -0.417 e. The van der Waals surface area contributed by atoms with Crippen molar-refractivity contribution in [2.24, 2.45) is 5.41 Å². The molecule has 1 fully saturated rings. The van der Waals surface area contributed by atoms with Crippen molar-refractivity contribution in [1.29, 1.82) is 0 Å². The van der Waals surface area contributed by atoms with Crippen molar-refractivity contribution >= 4 is 22.5 Å². The van der Waals surface area contributed by atoms with E-state index in [9.17, 15) is 0 Å². The largest absolute Gasteiger partial charge is 0.417 e. The molecule has 0 amide bonds. The average molecular weight is 275 g/mol. The maximum absolute atomic E-state index is 6.62. The molecule has 16 heavy (non-hydrogen) atoms. The zero-order chi connectivity index (χ0) is 13.0. The van der Waals surface area contributed by atoms with E-state index in [0.717, 1.165) is 0 Å². The summed E-state index contributed by atoms with van der Waals surface area (Å²) in [7, 11) is -3.59. The molecule has 4 heteroatoms. The van der Waals surface area contributed by atoms with E-state index in [4.69, 9.17) is 4.43 Å². The van der Waals surface area contributed by atoms with Crippen molar-refractivity contribution in [3.63, 3.8) is 0 Å². The molecule has 1 rings (SSSR count). The summed E-state index contributed by atoms with van der Waals surface area (Å²) in [5.41, 5.74) is 0.319. The number of hydrogen-bond acceptors (Lipinski definition) is 1. The minimum atomic E-state index is -1.43. The summed E-state index contributed by atoms with van der Waals surface area (Å²) in [6.07, 6.45) is 0.511. The molecule has 1 aliphatic rings. The van der Waals surface area contributed by atoms with Crippen LogP contribution in [-0.4, -0.2) is 28.6 Å². The Bertz CT molecular complexity index is 256. The lowest BCUT2D eigenvalue weighted by Gasteiger charge is -2.57.